The predicted molar refractivity (Wildman–Crippen MR) is 73.3 cm³/mol. The van der Waals surface area contributed by atoms with E-state index in [9.17, 15) is 13.2 Å². The minimum atomic E-state index is -4.46. The normalized spacial score (nSPS) is 11.6. The van der Waals surface area contributed by atoms with Crippen molar-refractivity contribution in [2.24, 2.45) is 0 Å². The molecule has 4 nitrogen and oxygen atoms in total. The van der Waals surface area contributed by atoms with Crippen LogP contribution in [-0.4, -0.2) is 17.1 Å². The molecule has 0 aliphatic carbocycles. The van der Waals surface area contributed by atoms with Crippen molar-refractivity contribution in [2.75, 3.05) is 7.11 Å². The summed E-state index contributed by atoms with van der Waals surface area (Å²) in [6, 6.07) is 10.4. The molecule has 0 atom stereocenters. The molecule has 0 aliphatic heterocycles. The molecule has 0 amide bonds. The lowest BCUT2D eigenvalue weighted by Gasteiger charge is -2.01. The second-order valence-electron chi connectivity index (χ2n) is 4.54. The van der Waals surface area contributed by atoms with Crippen LogP contribution in [0.15, 0.2) is 47.0 Å². The molecule has 0 saturated heterocycles. The Hall–Kier alpha value is -2.70. The van der Waals surface area contributed by atoms with Crippen molar-refractivity contribution in [1.82, 2.24) is 9.97 Å². The van der Waals surface area contributed by atoms with E-state index in [0.717, 1.165) is 11.8 Å². The Morgan fingerprint density at radius 3 is 2.32 bits per heavy atom. The molecular formula is C15H11F3N2O2. The maximum Gasteiger partial charge on any atom is 0.432 e. The average Bonchev–Trinajstić information content (AvgIpc) is 3.15. The highest BCUT2D eigenvalue weighted by Crippen LogP contribution is 2.31. The third-order valence-corrected chi connectivity index (χ3v) is 3.10. The Morgan fingerprint density at radius 2 is 1.73 bits per heavy atom. The number of aromatic nitrogens is 2. The lowest BCUT2D eigenvalue weighted by Crippen LogP contribution is -2.04. The summed E-state index contributed by atoms with van der Waals surface area (Å²) in [5.41, 5.74) is -0.125. The molecule has 1 aromatic carbocycles. The quantitative estimate of drug-likeness (QED) is 0.782. The van der Waals surface area contributed by atoms with Crippen LogP contribution in [0.4, 0.5) is 13.2 Å². The van der Waals surface area contributed by atoms with Gasteiger partial charge in [-0.25, -0.2) is 4.98 Å². The molecule has 22 heavy (non-hydrogen) atoms. The summed E-state index contributed by atoms with van der Waals surface area (Å²) < 4.78 is 48.2. The Morgan fingerprint density at radius 1 is 1.05 bits per heavy atom. The van der Waals surface area contributed by atoms with Gasteiger partial charge in [-0.3, -0.25) is 0 Å². The Kier molecular flexibility index (Phi) is 3.40. The number of benzene rings is 1. The summed E-state index contributed by atoms with van der Waals surface area (Å²) in [6.07, 6.45) is -3.72. The zero-order valence-corrected chi connectivity index (χ0v) is 11.4. The van der Waals surface area contributed by atoms with Gasteiger partial charge in [-0.1, -0.05) is 0 Å². The molecule has 0 spiro atoms. The van der Waals surface area contributed by atoms with E-state index in [4.69, 9.17) is 9.15 Å². The smallest absolute Gasteiger partial charge is 0.432 e. The van der Waals surface area contributed by atoms with Crippen molar-refractivity contribution in [3.8, 4) is 28.7 Å². The van der Waals surface area contributed by atoms with Crippen LogP contribution in [0, 0.1) is 0 Å². The molecule has 2 aromatic heterocycles. The largest absolute Gasteiger partial charge is 0.497 e. The number of ether oxygens (including phenoxy) is 1. The van der Waals surface area contributed by atoms with E-state index < -0.39 is 11.9 Å². The first kappa shape index (κ1) is 14.2. The Labute approximate surface area is 123 Å². The van der Waals surface area contributed by atoms with Crippen LogP contribution in [0.3, 0.4) is 0 Å². The third-order valence-electron chi connectivity index (χ3n) is 3.10. The topological polar surface area (TPSA) is 51.0 Å². The fourth-order valence-electron chi connectivity index (χ4n) is 1.97. The van der Waals surface area contributed by atoms with E-state index in [1.807, 2.05) is 0 Å². The summed E-state index contributed by atoms with van der Waals surface area (Å²) in [5.74, 6) is 1.51. The zero-order chi connectivity index (χ0) is 15.7. The number of alkyl halides is 3. The maximum absolute atomic E-state index is 12.5. The molecule has 7 heteroatoms. The first-order valence-electron chi connectivity index (χ1n) is 6.34. The third kappa shape index (κ3) is 2.69. The van der Waals surface area contributed by atoms with Gasteiger partial charge in [0.2, 0.25) is 0 Å². The number of furan rings is 1. The van der Waals surface area contributed by atoms with Crippen LogP contribution < -0.4 is 4.74 Å². The summed E-state index contributed by atoms with van der Waals surface area (Å²) in [6.45, 7) is 0. The fourth-order valence-corrected chi connectivity index (χ4v) is 1.97. The number of nitrogens with one attached hydrogen (secondary N) is 1. The van der Waals surface area contributed by atoms with Crippen LogP contribution in [0.25, 0.3) is 22.9 Å². The van der Waals surface area contributed by atoms with Gasteiger partial charge in [0.25, 0.3) is 0 Å². The molecule has 1 N–H and O–H groups in total. The van der Waals surface area contributed by atoms with Crippen LogP contribution in [0.5, 0.6) is 5.75 Å². The number of hydrogen-bond donors (Lipinski definition) is 1. The van der Waals surface area contributed by atoms with Crippen molar-refractivity contribution in [1.29, 1.82) is 0 Å². The number of nitrogens with zero attached hydrogens (tertiary/aromatic N) is 1. The average molecular weight is 308 g/mol. The summed E-state index contributed by atoms with van der Waals surface area (Å²) in [5, 5.41) is 0. The number of imidazole rings is 1. The van der Waals surface area contributed by atoms with Crippen LogP contribution >= 0.6 is 0 Å². The fraction of sp³-hybridized carbons (Fsp3) is 0.133. The molecule has 0 unspecified atom stereocenters. The van der Waals surface area contributed by atoms with Gasteiger partial charge in [-0.05, 0) is 36.4 Å². The van der Waals surface area contributed by atoms with E-state index >= 15 is 0 Å². The number of aromatic amines is 1. The van der Waals surface area contributed by atoms with Gasteiger partial charge in [-0.15, -0.1) is 0 Å². The van der Waals surface area contributed by atoms with E-state index in [-0.39, 0.29) is 11.6 Å². The van der Waals surface area contributed by atoms with Crippen molar-refractivity contribution >= 4 is 0 Å². The minimum Gasteiger partial charge on any atom is -0.497 e. The van der Waals surface area contributed by atoms with E-state index in [0.29, 0.717) is 11.5 Å². The molecule has 0 bridgehead atoms. The predicted octanol–water partition coefficient (Wildman–Crippen LogP) is 4.36. The maximum atomic E-state index is 12.5. The van der Waals surface area contributed by atoms with Crippen molar-refractivity contribution in [3.05, 3.63) is 48.3 Å². The highest BCUT2D eigenvalue weighted by atomic mass is 19.4. The molecule has 2 heterocycles. The first-order chi connectivity index (χ1) is 10.5. The number of H-pyrrole nitrogens is 1. The number of rotatable bonds is 3. The second-order valence-corrected chi connectivity index (χ2v) is 4.54. The molecule has 0 radical (unpaired) electrons. The van der Waals surface area contributed by atoms with Gasteiger partial charge < -0.3 is 14.1 Å². The standard InChI is InChI=1S/C15H11F3N2O2/c1-21-10-4-2-9(3-5-10)11-6-7-12(22-11)14-19-8-13(20-14)15(16,17)18/h2-8H,1H3,(H,19,20). The summed E-state index contributed by atoms with van der Waals surface area (Å²) in [4.78, 5) is 5.90. The van der Waals surface area contributed by atoms with Gasteiger partial charge in [-0.2, -0.15) is 13.2 Å². The highest BCUT2D eigenvalue weighted by Gasteiger charge is 2.33. The SMILES string of the molecule is COc1ccc(-c2ccc(-c3ncc(C(F)(F)F)[nH]3)o2)cc1. The molecule has 3 rings (SSSR count). The number of halogens is 3. The highest BCUT2D eigenvalue weighted by molar-refractivity contribution is 5.62. The van der Waals surface area contributed by atoms with E-state index in [2.05, 4.69) is 9.97 Å². The summed E-state index contributed by atoms with van der Waals surface area (Å²) >= 11 is 0. The number of methoxy groups -OCH3 is 1. The van der Waals surface area contributed by atoms with Gasteiger partial charge in [0.05, 0.1) is 13.3 Å². The molecule has 3 aromatic rings. The van der Waals surface area contributed by atoms with Crippen molar-refractivity contribution in [3.63, 3.8) is 0 Å². The first-order valence-corrected chi connectivity index (χ1v) is 6.34. The molecule has 0 aliphatic rings. The molecule has 0 fully saturated rings. The second kappa shape index (κ2) is 5.25. The summed E-state index contributed by atoms with van der Waals surface area (Å²) in [7, 11) is 1.56. The van der Waals surface area contributed by atoms with Crippen molar-refractivity contribution < 1.29 is 22.3 Å². The molecule has 114 valence electrons. The van der Waals surface area contributed by atoms with Gasteiger partial charge in [0, 0.05) is 5.56 Å². The van der Waals surface area contributed by atoms with Gasteiger partial charge in [0.1, 0.15) is 17.2 Å². The molecule has 0 saturated carbocycles. The van der Waals surface area contributed by atoms with Crippen LogP contribution in [0.2, 0.25) is 0 Å². The number of hydrogen-bond acceptors (Lipinski definition) is 3. The Balaban J connectivity index is 1.88. The lowest BCUT2D eigenvalue weighted by atomic mass is 10.2. The van der Waals surface area contributed by atoms with E-state index in [1.165, 1.54) is 0 Å². The zero-order valence-electron chi connectivity index (χ0n) is 11.4. The Bertz CT molecular complexity index is 773. The van der Waals surface area contributed by atoms with Crippen molar-refractivity contribution in [2.45, 2.75) is 6.18 Å². The minimum absolute atomic E-state index is 0.0343. The van der Waals surface area contributed by atoms with Gasteiger partial charge >= 0.3 is 6.18 Å². The van der Waals surface area contributed by atoms with E-state index in [1.54, 1.807) is 43.5 Å². The van der Waals surface area contributed by atoms with Gasteiger partial charge in [0.15, 0.2) is 11.6 Å². The van der Waals surface area contributed by atoms with Crippen LogP contribution in [-0.2, 0) is 6.18 Å². The molecular weight excluding hydrogens is 297 g/mol. The van der Waals surface area contributed by atoms with Crippen LogP contribution in [0.1, 0.15) is 5.69 Å². The lowest BCUT2D eigenvalue weighted by molar-refractivity contribution is -0.140. The monoisotopic (exact) mass is 308 g/mol.